The van der Waals surface area contributed by atoms with Gasteiger partial charge in [-0.1, -0.05) is 30.3 Å². The summed E-state index contributed by atoms with van der Waals surface area (Å²) in [4.78, 5) is 20.8. The molecule has 0 N–H and O–H groups in total. The Morgan fingerprint density at radius 1 is 1.25 bits per heavy atom. The van der Waals surface area contributed by atoms with Crippen LogP contribution in [0.2, 0.25) is 0 Å². The number of nitrogens with zero attached hydrogens (tertiary/aromatic N) is 2. The lowest BCUT2D eigenvalue weighted by Gasteiger charge is -2.09. The number of hydrogen-bond acceptors (Lipinski definition) is 3. The van der Waals surface area contributed by atoms with E-state index in [0.717, 1.165) is 5.56 Å². The summed E-state index contributed by atoms with van der Waals surface area (Å²) < 4.78 is 1.20. The largest absolute Gasteiger partial charge is 0.404 e. The van der Waals surface area contributed by atoms with E-state index in [1.807, 2.05) is 30.3 Å². The maximum Gasteiger partial charge on any atom is 0.286 e. The first-order valence-electron chi connectivity index (χ1n) is 4.99. The molecule has 0 unspecified atom stereocenters. The van der Waals surface area contributed by atoms with E-state index in [0.29, 0.717) is 12.4 Å². The molecule has 16 heavy (non-hydrogen) atoms. The molecule has 0 aliphatic carbocycles. The monoisotopic (exact) mass is 216 g/mol. The third kappa shape index (κ3) is 2.28. The minimum atomic E-state index is -0.205. The van der Waals surface area contributed by atoms with Crippen LogP contribution in [0.1, 0.15) is 11.4 Å². The minimum absolute atomic E-state index is 0.205. The lowest BCUT2D eigenvalue weighted by atomic mass is 10.2. The topological polar surface area (TPSA) is 44.1 Å². The van der Waals surface area contributed by atoms with Crippen LogP contribution in [0.15, 0.2) is 47.4 Å². The van der Waals surface area contributed by atoms with Crippen LogP contribution in [-0.2, 0) is 6.61 Å². The fraction of sp³-hybridized carbons (Fsp3) is 0.167. The van der Waals surface area contributed by atoms with E-state index in [1.54, 1.807) is 6.92 Å². The first kappa shape index (κ1) is 10.4. The summed E-state index contributed by atoms with van der Waals surface area (Å²) in [5.41, 5.74) is 0.807. The van der Waals surface area contributed by atoms with Crippen molar-refractivity contribution in [1.29, 1.82) is 0 Å². The van der Waals surface area contributed by atoms with Crippen molar-refractivity contribution in [2.75, 3.05) is 0 Å². The molecule has 0 radical (unpaired) electrons. The zero-order valence-corrected chi connectivity index (χ0v) is 8.96. The number of benzene rings is 1. The number of hydrogen-bond donors (Lipinski definition) is 0. The quantitative estimate of drug-likeness (QED) is 0.773. The van der Waals surface area contributed by atoms with Gasteiger partial charge in [-0.25, -0.2) is 4.98 Å². The smallest absolute Gasteiger partial charge is 0.286 e. The van der Waals surface area contributed by atoms with Gasteiger partial charge in [0.2, 0.25) is 0 Å². The molecule has 1 aromatic carbocycles. The summed E-state index contributed by atoms with van der Waals surface area (Å²) in [6, 6.07) is 11.0. The SMILES string of the molecule is Cc1nccc(=O)n1OCc1ccccc1. The molecule has 0 saturated carbocycles. The van der Waals surface area contributed by atoms with Gasteiger partial charge in [-0.3, -0.25) is 4.79 Å². The van der Waals surface area contributed by atoms with Gasteiger partial charge in [0.05, 0.1) is 0 Å². The molecule has 0 amide bonds. The highest BCUT2D eigenvalue weighted by atomic mass is 16.7. The van der Waals surface area contributed by atoms with Crippen LogP contribution in [0.25, 0.3) is 0 Å². The van der Waals surface area contributed by atoms with Gasteiger partial charge in [-0.15, -0.1) is 4.73 Å². The highest BCUT2D eigenvalue weighted by molar-refractivity contribution is 5.13. The van der Waals surface area contributed by atoms with Crippen LogP contribution in [0.5, 0.6) is 0 Å². The summed E-state index contributed by atoms with van der Waals surface area (Å²) in [5, 5.41) is 0. The van der Waals surface area contributed by atoms with Crippen molar-refractivity contribution in [3.63, 3.8) is 0 Å². The van der Waals surface area contributed by atoms with Gasteiger partial charge in [0, 0.05) is 12.3 Å². The summed E-state index contributed by atoms with van der Waals surface area (Å²) in [6.07, 6.45) is 1.47. The molecule has 0 fully saturated rings. The summed E-state index contributed by atoms with van der Waals surface area (Å²) in [7, 11) is 0. The van der Waals surface area contributed by atoms with Crippen LogP contribution in [0.3, 0.4) is 0 Å². The van der Waals surface area contributed by atoms with E-state index < -0.39 is 0 Å². The fourth-order valence-electron chi connectivity index (χ4n) is 1.36. The van der Waals surface area contributed by atoms with Crippen LogP contribution in [0, 0.1) is 6.92 Å². The van der Waals surface area contributed by atoms with Crippen molar-refractivity contribution in [2.24, 2.45) is 0 Å². The van der Waals surface area contributed by atoms with Gasteiger partial charge in [-0.05, 0) is 12.5 Å². The Kier molecular flexibility index (Phi) is 3.00. The molecule has 4 nitrogen and oxygen atoms in total. The van der Waals surface area contributed by atoms with Crippen LogP contribution in [-0.4, -0.2) is 9.71 Å². The Morgan fingerprint density at radius 2 is 2.00 bits per heavy atom. The second kappa shape index (κ2) is 4.61. The van der Waals surface area contributed by atoms with Gasteiger partial charge in [0.15, 0.2) is 0 Å². The van der Waals surface area contributed by atoms with Crippen LogP contribution in [0.4, 0.5) is 0 Å². The molecule has 0 atom stereocenters. The van der Waals surface area contributed by atoms with E-state index in [-0.39, 0.29) is 5.56 Å². The number of rotatable bonds is 3. The second-order valence-electron chi connectivity index (χ2n) is 3.38. The normalized spacial score (nSPS) is 10.1. The Hall–Kier alpha value is -2.10. The van der Waals surface area contributed by atoms with E-state index in [4.69, 9.17) is 4.84 Å². The Morgan fingerprint density at radius 3 is 2.69 bits per heavy atom. The highest BCUT2D eigenvalue weighted by Gasteiger charge is 2.01. The molecule has 0 aliphatic heterocycles. The maximum absolute atomic E-state index is 11.5. The molecule has 1 heterocycles. The maximum atomic E-state index is 11.5. The predicted molar refractivity (Wildman–Crippen MR) is 60.0 cm³/mol. The zero-order chi connectivity index (χ0) is 11.4. The third-order valence-electron chi connectivity index (χ3n) is 2.18. The number of aryl methyl sites for hydroxylation is 1. The predicted octanol–water partition coefficient (Wildman–Crippen LogP) is 1.18. The fourth-order valence-corrected chi connectivity index (χ4v) is 1.36. The van der Waals surface area contributed by atoms with Gasteiger partial charge < -0.3 is 4.84 Å². The first-order chi connectivity index (χ1) is 7.77. The third-order valence-corrected chi connectivity index (χ3v) is 2.18. The van der Waals surface area contributed by atoms with Crippen LogP contribution < -0.4 is 10.4 Å². The second-order valence-corrected chi connectivity index (χ2v) is 3.38. The Labute approximate surface area is 93.1 Å². The average molecular weight is 216 g/mol. The minimum Gasteiger partial charge on any atom is -0.404 e. The summed E-state index contributed by atoms with van der Waals surface area (Å²) in [6.45, 7) is 2.08. The molecular formula is C12H12N2O2. The van der Waals surface area contributed by atoms with Crippen molar-refractivity contribution in [3.8, 4) is 0 Å². The highest BCUT2D eigenvalue weighted by Crippen LogP contribution is 1.98. The molecule has 0 bridgehead atoms. The van der Waals surface area contributed by atoms with E-state index in [2.05, 4.69) is 4.98 Å². The number of aromatic nitrogens is 2. The lowest BCUT2D eigenvalue weighted by molar-refractivity contribution is 0.0816. The van der Waals surface area contributed by atoms with E-state index in [1.165, 1.54) is 17.0 Å². The molecule has 0 spiro atoms. The molecule has 82 valence electrons. The van der Waals surface area contributed by atoms with Crippen molar-refractivity contribution in [1.82, 2.24) is 9.71 Å². The molecule has 2 aromatic rings. The van der Waals surface area contributed by atoms with Crippen molar-refractivity contribution >= 4 is 0 Å². The van der Waals surface area contributed by atoms with Gasteiger partial charge in [0.1, 0.15) is 12.4 Å². The Balaban J connectivity index is 2.14. The first-order valence-corrected chi connectivity index (χ1v) is 4.99. The van der Waals surface area contributed by atoms with Crippen molar-refractivity contribution < 1.29 is 4.84 Å². The molecule has 0 saturated heterocycles. The summed E-state index contributed by atoms with van der Waals surface area (Å²) in [5.74, 6) is 0.545. The van der Waals surface area contributed by atoms with Crippen molar-refractivity contribution in [2.45, 2.75) is 13.5 Å². The van der Waals surface area contributed by atoms with E-state index >= 15 is 0 Å². The molecular weight excluding hydrogens is 204 g/mol. The summed E-state index contributed by atoms with van der Waals surface area (Å²) >= 11 is 0. The van der Waals surface area contributed by atoms with Crippen LogP contribution >= 0.6 is 0 Å². The van der Waals surface area contributed by atoms with Gasteiger partial charge in [-0.2, -0.15) is 0 Å². The standard InChI is InChI=1S/C12H12N2O2/c1-10-13-8-7-12(15)14(10)16-9-11-5-3-2-4-6-11/h2-8H,9H2,1H3. The molecule has 0 aliphatic rings. The zero-order valence-electron chi connectivity index (χ0n) is 8.96. The van der Waals surface area contributed by atoms with Crippen molar-refractivity contribution in [3.05, 3.63) is 64.3 Å². The Bertz CT molecular complexity index is 520. The van der Waals surface area contributed by atoms with Gasteiger partial charge in [0.25, 0.3) is 5.56 Å². The van der Waals surface area contributed by atoms with Gasteiger partial charge >= 0.3 is 0 Å². The molecule has 1 aromatic heterocycles. The lowest BCUT2D eigenvalue weighted by Crippen LogP contribution is -2.28. The molecule has 2 rings (SSSR count). The average Bonchev–Trinajstić information content (AvgIpc) is 2.30. The molecule has 4 heteroatoms. The van der Waals surface area contributed by atoms with E-state index in [9.17, 15) is 4.79 Å².